The van der Waals surface area contributed by atoms with Gasteiger partial charge in [-0.3, -0.25) is 9.59 Å². The Hall–Kier alpha value is -3.60. The zero-order chi connectivity index (χ0) is 24.1. The number of ether oxygens (including phenoxy) is 1. The van der Waals surface area contributed by atoms with Gasteiger partial charge in [-0.15, -0.1) is 0 Å². The van der Waals surface area contributed by atoms with Crippen LogP contribution >= 0.6 is 0 Å². The molecule has 0 bridgehead atoms. The first-order valence-electron chi connectivity index (χ1n) is 12.0. The van der Waals surface area contributed by atoms with E-state index in [-0.39, 0.29) is 23.9 Å². The smallest absolute Gasteiger partial charge is 0.258 e. The van der Waals surface area contributed by atoms with Gasteiger partial charge in [0.15, 0.2) is 0 Å². The van der Waals surface area contributed by atoms with Crippen molar-refractivity contribution in [1.29, 1.82) is 0 Å². The van der Waals surface area contributed by atoms with Crippen LogP contribution < -0.4 is 14.5 Å². The van der Waals surface area contributed by atoms with E-state index >= 15 is 0 Å². The second-order valence-electron chi connectivity index (χ2n) is 8.77. The van der Waals surface area contributed by atoms with Crippen LogP contribution in [0.15, 0.2) is 78.9 Å². The topological polar surface area (TPSA) is 49.9 Å². The highest BCUT2D eigenvalue weighted by Crippen LogP contribution is 2.43. The number of amides is 2. The number of rotatable bonds is 7. The monoisotopic (exact) mass is 456 g/mol. The molecule has 4 rings (SSSR count). The number of hydrogen-bond acceptors (Lipinski definition) is 3. The highest BCUT2D eigenvalue weighted by molar-refractivity contribution is 6.07. The minimum atomic E-state index is -0.206. The summed E-state index contributed by atoms with van der Waals surface area (Å²) >= 11 is 0. The number of hydrogen-bond donors (Lipinski definition) is 0. The summed E-state index contributed by atoms with van der Waals surface area (Å²) in [5, 5.41) is 0. The standard InChI is InChI=1S/C29H32N2O3/c1-4-5-18-28(32)30-21(2)19-27(25-16-9-10-17-26(25)30)31(23-13-7-6-8-14-23)29(33)22-12-11-15-24(20-22)34-3/h6-17,20-21,27H,4-5,18-19H2,1-3H3. The van der Waals surface area contributed by atoms with E-state index in [1.54, 1.807) is 13.2 Å². The van der Waals surface area contributed by atoms with Crippen molar-refractivity contribution in [1.82, 2.24) is 0 Å². The summed E-state index contributed by atoms with van der Waals surface area (Å²) in [6, 6.07) is 24.8. The van der Waals surface area contributed by atoms with Crippen LogP contribution in [0, 0.1) is 0 Å². The quantitative estimate of drug-likeness (QED) is 0.413. The summed E-state index contributed by atoms with van der Waals surface area (Å²) in [6.07, 6.45) is 3.04. The normalized spacial score (nSPS) is 17.1. The fourth-order valence-electron chi connectivity index (χ4n) is 4.78. The fourth-order valence-corrected chi connectivity index (χ4v) is 4.78. The first-order chi connectivity index (χ1) is 16.5. The third kappa shape index (κ3) is 4.69. The molecular formula is C29H32N2O3. The Morgan fingerprint density at radius 2 is 1.74 bits per heavy atom. The van der Waals surface area contributed by atoms with Crippen molar-refractivity contribution < 1.29 is 14.3 Å². The summed E-state index contributed by atoms with van der Waals surface area (Å²) in [7, 11) is 1.60. The van der Waals surface area contributed by atoms with E-state index in [0.29, 0.717) is 24.2 Å². The summed E-state index contributed by atoms with van der Waals surface area (Å²) in [5.74, 6) is 0.692. The average molecular weight is 457 g/mol. The number of nitrogens with zero attached hydrogens (tertiary/aromatic N) is 2. The van der Waals surface area contributed by atoms with Crippen LogP contribution in [0.4, 0.5) is 11.4 Å². The van der Waals surface area contributed by atoms with E-state index in [4.69, 9.17) is 4.74 Å². The molecule has 0 N–H and O–H groups in total. The Balaban J connectivity index is 1.80. The number of fused-ring (bicyclic) bond motifs is 1. The number of para-hydroxylation sites is 2. The average Bonchev–Trinajstić information content (AvgIpc) is 2.88. The zero-order valence-corrected chi connectivity index (χ0v) is 20.1. The number of carbonyl (C=O) groups excluding carboxylic acids is 2. The van der Waals surface area contributed by atoms with Crippen LogP contribution in [0.1, 0.15) is 61.5 Å². The maximum atomic E-state index is 14.0. The van der Waals surface area contributed by atoms with E-state index in [9.17, 15) is 9.59 Å². The molecule has 0 fully saturated rings. The SMILES string of the molecule is CCCCC(=O)N1c2ccccc2C(N(C(=O)c2cccc(OC)c2)c2ccccc2)CC1C. The maximum Gasteiger partial charge on any atom is 0.258 e. The third-order valence-electron chi connectivity index (χ3n) is 6.45. The summed E-state index contributed by atoms with van der Waals surface area (Å²) in [5.41, 5.74) is 3.28. The van der Waals surface area contributed by atoms with Gasteiger partial charge in [0, 0.05) is 29.4 Å². The Morgan fingerprint density at radius 1 is 1.00 bits per heavy atom. The molecule has 1 heterocycles. The molecule has 0 radical (unpaired) electrons. The number of benzene rings is 3. The van der Waals surface area contributed by atoms with Crippen LogP contribution in [-0.4, -0.2) is 25.0 Å². The highest BCUT2D eigenvalue weighted by Gasteiger charge is 2.38. The lowest BCUT2D eigenvalue weighted by Crippen LogP contribution is -2.47. The molecule has 0 spiro atoms. The van der Waals surface area contributed by atoms with Crippen LogP contribution in [0.3, 0.4) is 0 Å². The Morgan fingerprint density at radius 3 is 2.47 bits per heavy atom. The van der Waals surface area contributed by atoms with Crippen molar-refractivity contribution in [2.75, 3.05) is 16.9 Å². The van der Waals surface area contributed by atoms with Crippen molar-refractivity contribution in [3.8, 4) is 5.75 Å². The van der Waals surface area contributed by atoms with Gasteiger partial charge in [-0.2, -0.15) is 0 Å². The van der Waals surface area contributed by atoms with Gasteiger partial charge in [-0.25, -0.2) is 0 Å². The predicted octanol–water partition coefficient (Wildman–Crippen LogP) is 6.40. The minimum absolute atomic E-state index is 0.0337. The van der Waals surface area contributed by atoms with Crippen LogP contribution in [-0.2, 0) is 4.79 Å². The molecule has 0 aliphatic carbocycles. The predicted molar refractivity (Wildman–Crippen MR) is 137 cm³/mol. The lowest BCUT2D eigenvalue weighted by molar-refractivity contribution is -0.119. The fraction of sp³-hybridized carbons (Fsp3) is 0.310. The molecule has 1 aliphatic rings. The Labute approximate surface area is 202 Å². The van der Waals surface area contributed by atoms with E-state index in [2.05, 4.69) is 13.8 Å². The second kappa shape index (κ2) is 10.6. The summed E-state index contributed by atoms with van der Waals surface area (Å²) in [6.45, 7) is 4.17. The highest BCUT2D eigenvalue weighted by atomic mass is 16.5. The molecule has 2 amide bonds. The van der Waals surface area contributed by atoms with Gasteiger partial charge in [0.25, 0.3) is 5.91 Å². The van der Waals surface area contributed by atoms with E-state index in [1.807, 2.05) is 82.6 Å². The van der Waals surface area contributed by atoms with Gasteiger partial charge in [0.2, 0.25) is 5.91 Å². The third-order valence-corrected chi connectivity index (χ3v) is 6.45. The van der Waals surface area contributed by atoms with E-state index < -0.39 is 0 Å². The summed E-state index contributed by atoms with van der Waals surface area (Å²) < 4.78 is 5.37. The van der Waals surface area contributed by atoms with E-state index in [0.717, 1.165) is 29.8 Å². The number of anilines is 2. The molecule has 3 aromatic carbocycles. The number of carbonyl (C=O) groups is 2. The molecule has 5 heteroatoms. The molecule has 0 saturated heterocycles. The van der Waals surface area contributed by atoms with Gasteiger partial charge in [0.1, 0.15) is 5.75 Å². The molecule has 2 unspecified atom stereocenters. The Bertz CT molecular complexity index is 1140. The summed E-state index contributed by atoms with van der Waals surface area (Å²) in [4.78, 5) is 30.9. The van der Waals surface area contributed by atoms with Gasteiger partial charge in [-0.1, -0.05) is 55.8 Å². The van der Waals surface area contributed by atoms with Crippen LogP contribution in [0.25, 0.3) is 0 Å². The molecule has 2 atom stereocenters. The maximum absolute atomic E-state index is 14.0. The van der Waals surface area contributed by atoms with Crippen molar-refractivity contribution in [3.05, 3.63) is 90.0 Å². The van der Waals surface area contributed by atoms with Gasteiger partial charge < -0.3 is 14.5 Å². The molecule has 3 aromatic rings. The van der Waals surface area contributed by atoms with Crippen molar-refractivity contribution in [2.45, 2.75) is 51.6 Å². The number of unbranched alkanes of at least 4 members (excludes halogenated alkanes) is 1. The molecule has 34 heavy (non-hydrogen) atoms. The van der Waals surface area contributed by atoms with Crippen molar-refractivity contribution in [3.63, 3.8) is 0 Å². The van der Waals surface area contributed by atoms with Crippen molar-refractivity contribution >= 4 is 23.2 Å². The van der Waals surface area contributed by atoms with Crippen molar-refractivity contribution in [2.24, 2.45) is 0 Å². The lowest BCUT2D eigenvalue weighted by Gasteiger charge is -2.43. The molecule has 5 nitrogen and oxygen atoms in total. The molecule has 0 saturated carbocycles. The molecular weight excluding hydrogens is 424 g/mol. The minimum Gasteiger partial charge on any atom is -0.497 e. The van der Waals surface area contributed by atoms with Gasteiger partial charge in [-0.05, 0) is 61.7 Å². The lowest BCUT2D eigenvalue weighted by atomic mass is 9.89. The second-order valence-corrected chi connectivity index (χ2v) is 8.77. The molecule has 1 aliphatic heterocycles. The van der Waals surface area contributed by atoms with Crippen LogP contribution in [0.2, 0.25) is 0 Å². The van der Waals surface area contributed by atoms with Gasteiger partial charge in [0.05, 0.1) is 13.2 Å². The molecule has 0 aromatic heterocycles. The first-order valence-corrected chi connectivity index (χ1v) is 12.0. The zero-order valence-electron chi connectivity index (χ0n) is 20.1. The Kier molecular flexibility index (Phi) is 7.31. The van der Waals surface area contributed by atoms with E-state index in [1.165, 1.54) is 0 Å². The first kappa shape index (κ1) is 23.6. The largest absolute Gasteiger partial charge is 0.497 e. The van der Waals surface area contributed by atoms with Gasteiger partial charge >= 0.3 is 0 Å². The van der Waals surface area contributed by atoms with Crippen LogP contribution in [0.5, 0.6) is 5.75 Å². The molecule has 176 valence electrons. The number of methoxy groups -OCH3 is 1.